The lowest BCUT2D eigenvalue weighted by atomic mass is 9.95. The average molecular weight is 400 g/mol. The lowest BCUT2D eigenvalue weighted by Gasteiger charge is -2.34. The molecule has 5 nitrogen and oxygen atoms in total. The third-order valence-electron chi connectivity index (χ3n) is 5.38. The first-order valence-corrected chi connectivity index (χ1v) is 10.8. The van der Waals surface area contributed by atoms with E-state index in [-0.39, 0.29) is 17.7 Å². The zero-order valence-corrected chi connectivity index (χ0v) is 17.7. The smallest absolute Gasteiger partial charge is 0.263 e. The van der Waals surface area contributed by atoms with E-state index in [1.165, 1.54) is 11.3 Å². The molecule has 3 rings (SSSR count). The molecule has 1 saturated heterocycles. The van der Waals surface area contributed by atoms with Gasteiger partial charge < -0.3 is 14.7 Å². The molecule has 0 atom stereocenters. The van der Waals surface area contributed by atoms with Crippen molar-refractivity contribution < 1.29 is 9.59 Å². The number of hydrogen-bond acceptors (Lipinski definition) is 4. The molecule has 1 aromatic carbocycles. The molecule has 0 N–H and O–H groups in total. The number of hydrogen-bond donors (Lipinski definition) is 0. The molecular formula is C22H29N3O2S. The Hall–Kier alpha value is -2.34. The van der Waals surface area contributed by atoms with E-state index in [0.29, 0.717) is 26.2 Å². The lowest BCUT2D eigenvalue weighted by molar-refractivity contribution is -0.137. The fraction of sp³-hybridized carbons (Fsp3) is 0.455. The second-order valence-electron chi connectivity index (χ2n) is 7.46. The summed E-state index contributed by atoms with van der Waals surface area (Å²) < 4.78 is 0. The number of amides is 2. The predicted molar refractivity (Wildman–Crippen MR) is 115 cm³/mol. The van der Waals surface area contributed by atoms with Crippen molar-refractivity contribution in [1.82, 2.24) is 9.80 Å². The zero-order chi connectivity index (χ0) is 20.1. The Kier molecular flexibility index (Phi) is 6.73. The second kappa shape index (κ2) is 9.24. The van der Waals surface area contributed by atoms with Gasteiger partial charge in [-0.2, -0.15) is 0 Å². The highest BCUT2D eigenvalue weighted by Crippen LogP contribution is 2.23. The maximum Gasteiger partial charge on any atom is 0.263 e. The predicted octanol–water partition coefficient (Wildman–Crippen LogP) is 3.72. The van der Waals surface area contributed by atoms with Crippen LogP contribution in [-0.4, -0.2) is 55.3 Å². The van der Waals surface area contributed by atoms with Crippen molar-refractivity contribution in [2.24, 2.45) is 5.92 Å². The third-order valence-corrected chi connectivity index (χ3v) is 6.24. The molecule has 0 bridgehead atoms. The first-order valence-electron chi connectivity index (χ1n) is 9.87. The number of likely N-dealkylation sites (tertiary alicyclic amines) is 1. The molecule has 0 spiro atoms. The van der Waals surface area contributed by atoms with Gasteiger partial charge in [0.15, 0.2) is 0 Å². The fourth-order valence-electron chi connectivity index (χ4n) is 3.61. The van der Waals surface area contributed by atoms with Crippen molar-refractivity contribution in [3.63, 3.8) is 0 Å². The number of anilines is 1. The SMILES string of the molecule is CCN(Cc1ccc(N(C)C)cc1)C(=O)C1CCN(C(=O)c2cccs2)CC1. The van der Waals surface area contributed by atoms with E-state index in [0.717, 1.165) is 29.0 Å². The monoisotopic (exact) mass is 399 g/mol. The van der Waals surface area contributed by atoms with Crippen molar-refractivity contribution in [1.29, 1.82) is 0 Å². The molecule has 2 amide bonds. The van der Waals surface area contributed by atoms with E-state index < -0.39 is 0 Å². The van der Waals surface area contributed by atoms with Crippen molar-refractivity contribution in [3.8, 4) is 0 Å². The van der Waals surface area contributed by atoms with Gasteiger partial charge in [-0.25, -0.2) is 0 Å². The molecule has 150 valence electrons. The Morgan fingerprint density at radius 2 is 1.79 bits per heavy atom. The number of nitrogens with zero attached hydrogens (tertiary/aromatic N) is 3. The lowest BCUT2D eigenvalue weighted by Crippen LogP contribution is -2.44. The molecule has 1 aliphatic heterocycles. The summed E-state index contributed by atoms with van der Waals surface area (Å²) in [4.78, 5) is 32.2. The van der Waals surface area contributed by atoms with Crippen molar-refractivity contribution in [3.05, 3.63) is 52.2 Å². The van der Waals surface area contributed by atoms with Gasteiger partial charge in [0.2, 0.25) is 5.91 Å². The van der Waals surface area contributed by atoms with Gasteiger partial charge in [0, 0.05) is 51.9 Å². The summed E-state index contributed by atoms with van der Waals surface area (Å²) in [5.41, 5.74) is 2.30. The van der Waals surface area contributed by atoms with Crippen LogP contribution >= 0.6 is 11.3 Å². The van der Waals surface area contributed by atoms with Crippen LogP contribution in [0.4, 0.5) is 5.69 Å². The summed E-state index contributed by atoms with van der Waals surface area (Å²) in [5.74, 6) is 0.310. The largest absolute Gasteiger partial charge is 0.378 e. The van der Waals surface area contributed by atoms with E-state index in [4.69, 9.17) is 0 Å². The van der Waals surface area contributed by atoms with E-state index >= 15 is 0 Å². The van der Waals surface area contributed by atoms with Gasteiger partial charge in [-0.15, -0.1) is 11.3 Å². The average Bonchev–Trinajstić information content (AvgIpc) is 3.26. The number of piperidine rings is 1. The van der Waals surface area contributed by atoms with E-state index in [9.17, 15) is 9.59 Å². The zero-order valence-electron chi connectivity index (χ0n) is 16.9. The van der Waals surface area contributed by atoms with Gasteiger partial charge >= 0.3 is 0 Å². The number of carbonyl (C=O) groups excluding carboxylic acids is 2. The van der Waals surface area contributed by atoms with E-state index in [1.54, 1.807) is 0 Å². The summed E-state index contributed by atoms with van der Waals surface area (Å²) in [5, 5.41) is 1.92. The Morgan fingerprint density at radius 1 is 1.11 bits per heavy atom. The fourth-order valence-corrected chi connectivity index (χ4v) is 4.30. The van der Waals surface area contributed by atoms with Crippen LogP contribution in [0.1, 0.15) is 35.0 Å². The van der Waals surface area contributed by atoms with Crippen molar-refractivity contribution >= 4 is 28.8 Å². The molecule has 1 fully saturated rings. The maximum atomic E-state index is 13.0. The van der Waals surface area contributed by atoms with Crippen LogP contribution in [0.25, 0.3) is 0 Å². The van der Waals surface area contributed by atoms with Crippen molar-refractivity contribution in [2.45, 2.75) is 26.3 Å². The van der Waals surface area contributed by atoms with Gasteiger partial charge in [0.1, 0.15) is 0 Å². The quantitative estimate of drug-likeness (QED) is 0.744. The minimum Gasteiger partial charge on any atom is -0.378 e. The summed E-state index contributed by atoms with van der Waals surface area (Å²) >= 11 is 1.47. The number of rotatable bonds is 6. The van der Waals surface area contributed by atoms with Crippen LogP contribution in [0.3, 0.4) is 0 Å². The van der Waals surface area contributed by atoms with Gasteiger partial charge in [-0.3, -0.25) is 9.59 Å². The highest BCUT2D eigenvalue weighted by atomic mass is 32.1. The molecule has 1 aliphatic rings. The second-order valence-corrected chi connectivity index (χ2v) is 8.40. The molecule has 6 heteroatoms. The van der Waals surface area contributed by atoms with Crippen LogP contribution in [0.2, 0.25) is 0 Å². The normalized spacial score (nSPS) is 14.8. The molecular weight excluding hydrogens is 370 g/mol. The first-order chi connectivity index (χ1) is 13.5. The number of carbonyl (C=O) groups is 2. The minimum absolute atomic E-state index is 0.00776. The van der Waals surface area contributed by atoms with Crippen LogP contribution in [0.15, 0.2) is 41.8 Å². The standard InChI is InChI=1S/C22H29N3O2S/c1-4-24(16-17-7-9-19(10-8-17)23(2)3)21(26)18-11-13-25(14-12-18)22(27)20-6-5-15-28-20/h5-10,15,18H,4,11-14,16H2,1-3H3. The van der Waals surface area contributed by atoms with E-state index in [2.05, 4.69) is 29.2 Å². The Morgan fingerprint density at radius 3 is 2.32 bits per heavy atom. The van der Waals surface area contributed by atoms with Crippen LogP contribution in [-0.2, 0) is 11.3 Å². The molecule has 0 saturated carbocycles. The van der Waals surface area contributed by atoms with Gasteiger partial charge in [0.25, 0.3) is 5.91 Å². The Balaban J connectivity index is 1.56. The maximum absolute atomic E-state index is 13.0. The molecule has 2 heterocycles. The van der Waals surface area contributed by atoms with Crippen molar-refractivity contribution in [2.75, 3.05) is 38.6 Å². The Bertz CT molecular complexity index is 779. The number of benzene rings is 1. The highest BCUT2D eigenvalue weighted by molar-refractivity contribution is 7.12. The molecule has 1 aromatic heterocycles. The first kappa shape index (κ1) is 20.4. The molecule has 28 heavy (non-hydrogen) atoms. The number of thiophene rings is 1. The minimum atomic E-state index is 0.00776. The highest BCUT2D eigenvalue weighted by Gasteiger charge is 2.30. The van der Waals surface area contributed by atoms with Crippen LogP contribution < -0.4 is 4.90 Å². The molecule has 0 aliphatic carbocycles. The molecule has 0 unspecified atom stereocenters. The Labute approximate surface area is 171 Å². The molecule has 2 aromatic rings. The van der Waals surface area contributed by atoms with Gasteiger partial charge in [-0.05, 0) is 48.9 Å². The summed E-state index contributed by atoms with van der Waals surface area (Å²) in [7, 11) is 4.04. The third kappa shape index (κ3) is 4.73. The topological polar surface area (TPSA) is 43.9 Å². The van der Waals surface area contributed by atoms with Gasteiger partial charge in [0.05, 0.1) is 4.88 Å². The van der Waals surface area contributed by atoms with Crippen LogP contribution in [0.5, 0.6) is 0 Å². The molecule has 0 radical (unpaired) electrons. The summed E-state index contributed by atoms with van der Waals surface area (Å²) in [6.45, 7) is 4.67. The van der Waals surface area contributed by atoms with Crippen LogP contribution in [0, 0.1) is 5.92 Å². The summed E-state index contributed by atoms with van der Waals surface area (Å²) in [6.07, 6.45) is 1.48. The van der Waals surface area contributed by atoms with Gasteiger partial charge in [-0.1, -0.05) is 18.2 Å². The van der Waals surface area contributed by atoms with E-state index in [1.807, 2.05) is 48.3 Å². The summed E-state index contributed by atoms with van der Waals surface area (Å²) in [6, 6.07) is 12.1.